The zero-order valence-electron chi connectivity index (χ0n) is 9.50. The second-order valence-electron chi connectivity index (χ2n) is 4.21. The Morgan fingerprint density at radius 3 is 3.00 bits per heavy atom. The highest BCUT2D eigenvalue weighted by Gasteiger charge is 2.17. The van der Waals surface area contributed by atoms with Crippen molar-refractivity contribution in [2.24, 2.45) is 5.73 Å². The summed E-state index contributed by atoms with van der Waals surface area (Å²) in [7, 11) is 0. The summed E-state index contributed by atoms with van der Waals surface area (Å²) in [6.45, 7) is 1.99. The monoisotopic (exact) mass is 297 g/mol. The lowest BCUT2D eigenvalue weighted by Gasteiger charge is -2.25. The number of rotatable bonds is 3. The van der Waals surface area contributed by atoms with Crippen molar-refractivity contribution in [3.63, 3.8) is 0 Å². The van der Waals surface area contributed by atoms with E-state index in [4.69, 9.17) is 5.73 Å². The molecule has 1 fully saturated rings. The fourth-order valence-corrected chi connectivity index (χ4v) is 2.65. The van der Waals surface area contributed by atoms with E-state index in [0.29, 0.717) is 11.6 Å². The van der Waals surface area contributed by atoms with Crippen molar-refractivity contribution in [3.8, 4) is 0 Å². The van der Waals surface area contributed by atoms with Crippen LogP contribution in [0.2, 0.25) is 0 Å². The van der Waals surface area contributed by atoms with Crippen LogP contribution >= 0.6 is 15.9 Å². The Hall–Kier alpha value is -1.07. The fourth-order valence-electron chi connectivity index (χ4n) is 2.09. The summed E-state index contributed by atoms with van der Waals surface area (Å²) in [5, 5.41) is 6.71. The highest BCUT2D eigenvalue weighted by Crippen LogP contribution is 2.25. The summed E-state index contributed by atoms with van der Waals surface area (Å²) in [6.07, 6.45) is 2.26. The van der Waals surface area contributed by atoms with Gasteiger partial charge in [0, 0.05) is 22.7 Å². The smallest absolute Gasteiger partial charge is 0.251 e. The molecule has 0 radical (unpaired) electrons. The summed E-state index contributed by atoms with van der Waals surface area (Å²) in [6, 6.07) is 5.97. The average Bonchev–Trinajstić information content (AvgIpc) is 2.30. The van der Waals surface area contributed by atoms with Gasteiger partial charge in [0.2, 0.25) is 0 Å². The van der Waals surface area contributed by atoms with E-state index in [1.54, 1.807) is 0 Å². The first kappa shape index (κ1) is 12.4. The number of carbonyl (C=O) groups is 1. The number of hydrogen-bond acceptors (Lipinski definition) is 3. The highest BCUT2D eigenvalue weighted by molar-refractivity contribution is 9.10. The largest absolute Gasteiger partial charge is 0.380 e. The molecule has 1 amide bonds. The lowest BCUT2D eigenvalue weighted by Crippen LogP contribution is -2.38. The molecule has 0 spiro atoms. The Bertz CT molecular complexity index is 416. The third-order valence-electron chi connectivity index (χ3n) is 2.92. The molecule has 17 heavy (non-hydrogen) atoms. The van der Waals surface area contributed by atoms with E-state index < -0.39 is 5.91 Å². The normalized spacial score (nSPS) is 19.9. The molecule has 1 aliphatic rings. The van der Waals surface area contributed by atoms with Crippen LogP contribution in [-0.2, 0) is 0 Å². The molecule has 0 bridgehead atoms. The van der Waals surface area contributed by atoms with Crippen molar-refractivity contribution in [1.82, 2.24) is 5.32 Å². The van der Waals surface area contributed by atoms with Crippen molar-refractivity contribution in [2.75, 3.05) is 18.4 Å². The van der Waals surface area contributed by atoms with Gasteiger partial charge < -0.3 is 16.4 Å². The maximum atomic E-state index is 11.4. The van der Waals surface area contributed by atoms with Crippen molar-refractivity contribution < 1.29 is 4.79 Å². The Labute approximate surface area is 109 Å². The lowest BCUT2D eigenvalue weighted by atomic mass is 10.1. The van der Waals surface area contributed by atoms with Gasteiger partial charge in [-0.1, -0.05) is 6.07 Å². The molecule has 5 heteroatoms. The van der Waals surface area contributed by atoms with Gasteiger partial charge in [0.25, 0.3) is 5.91 Å². The minimum atomic E-state index is -0.413. The summed E-state index contributed by atoms with van der Waals surface area (Å²) < 4.78 is 0.735. The van der Waals surface area contributed by atoms with Gasteiger partial charge in [-0.2, -0.15) is 0 Å². The molecule has 92 valence electrons. The predicted molar refractivity (Wildman–Crippen MR) is 72.2 cm³/mol. The van der Waals surface area contributed by atoms with E-state index in [9.17, 15) is 4.79 Å². The zero-order chi connectivity index (χ0) is 12.3. The van der Waals surface area contributed by atoms with Crippen LogP contribution in [0.3, 0.4) is 0 Å². The van der Waals surface area contributed by atoms with Crippen LogP contribution in [0.1, 0.15) is 23.2 Å². The molecular formula is C12H16BrN3O. The first-order chi connectivity index (χ1) is 8.18. The van der Waals surface area contributed by atoms with Crippen LogP contribution in [0.5, 0.6) is 0 Å². The third-order valence-corrected chi connectivity index (χ3v) is 3.58. The first-order valence-electron chi connectivity index (χ1n) is 5.74. The topological polar surface area (TPSA) is 67.2 Å². The van der Waals surface area contributed by atoms with Gasteiger partial charge in [-0.05, 0) is 47.4 Å². The Kier molecular flexibility index (Phi) is 4.02. The lowest BCUT2D eigenvalue weighted by molar-refractivity contribution is 0.100. The molecule has 1 heterocycles. The number of amides is 1. The predicted octanol–water partition coefficient (Wildman–Crippen LogP) is 1.71. The van der Waals surface area contributed by atoms with Crippen LogP contribution in [0.4, 0.5) is 5.69 Å². The molecule has 1 aliphatic heterocycles. The maximum Gasteiger partial charge on any atom is 0.251 e. The van der Waals surface area contributed by atoms with E-state index in [-0.39, 0.29) is 0 Å². The highest BCUT2D eigenvalue weighted by atomic mass is 79.9. The van der Waals surface area contributed by atoms with Gasteiger partial charge in [0.1, 0.15) is 0 Å². The molecule has 0 aliphatic carbocycles. The van der Waals surface area contributed by atoms with Crippen molar-refractivity contribution in [1.29, 1.82) is 0 Å². The second kappa shape index (κ2) is 5.51. The number of piperidine rings is 1. The number of nitrogens with two attached hydrogens (primary N) is 1. The number of nitrogens with one attached hydrogen (secondary N) is 2. The second-order valence-corrected chi connectivity index (χ2v) is 5.07. The number of primary amides is 1. The number of carbonyl (C=O) groups excluding carboxylic acids is 1. The van der Waals surface area contributed by atoms with Gasteiger partial charge >= 0.3 is 0 Å². The molecule has 0 saturated carbocycles. The third kappa shape index (κ3) is 2.98. The van der Waals surface area contributed by atoms with Crippen LogP contribution in [0.15, 0.2) is 22.7 Å². The van der Waals surface area contributed by atoms with Crippen LogP contribution < -0.4 is 16.4 Å². The van der Waals surface area contributed by atoms with E-state index in [0.717, 1.165) is 36.1 Å². The molecule has 1 unspecified atom stereocenters. The summed E-state index contributed by atoms with van der Waals surface area (Å²) >= 11 is 3.36. The van der Waals surface area contributed by atoms with Gasteiger partial charge in [-0.15, -0.1) is 0 Å². The average molecular weight is 298 g/mol. The fraction of sp³-hybridized carbons (Fsp3) is 0.417. The van der Waals surface area contributed by atoms with Crippen molar-refractivity contribution in [2.45, 2.75) is 18.9 Å². The number of anilines is 1. The minimum absolute atomic E-state index is 0.358. The minimum Gasteiger partial charge on any atom is -0.380 e. The molecule has 4 N–H and O–H groups in total. The maximum absolute atomic E-state index is 11.4. The van der Waals surface area contributed by atoms with E-state index in [1.807, 2.05) is 18.2 Å². The number of halogens is 1. The van der Waals surface area contributed by atoms with E-state index >= 15 is 0 Å². The summed E-state index contributed by atoms with van der Waals surface area (Å²) in [5.41, 5.74) is 6.73. The van der Waals surface area contributed by atoms with Crippen molar-refractivity contribution in [3.05, 3.63) is 28.2 Å². The molecular weight excluding hydrogens is 282 g/mol. The quantitative estimate of drug-likeness (QED) is 0.796. The summed E-state index contributed by atoms with van der Waals surface area (Å²) in [5.74, 6) is -0.413. The molecule has 1 saturated heterocycles. The molecule has 1 aromatic carbocycles. The number of hydrogen-bond donors (Lipinski definition) is 3. The van der Waals surface area contributed by atoms with E-state index in [2.05, 4.69) is 26.6 Å². The summed E-state index contributed by atoms with van der Waals surface area (Å²) in [4.78, 5) is 11.4. The zero-order valence-corrected chi connectivity index (χ0v) is 11.1. The molecule has 0 aromatic heterocycles. The Morgan fingerprint density at radius 2 is 2.35 bits per heavy atom. The number of benzene rings is 1. The van der Waals surface area contributed by atoms with Crippen molar-refractivity contribution >= 4 is 27.5 Å². The SMILES string of the molecule is NC(=O)c1c(Br)cccc1NC1CCCNC1. The van der Waals surface area contributed by atoms with Gasteiger partial charge in [0.05, 0.1) is 5.56 Å². The molecule has 4 nitrogen and oxygen atoms in total. The molecule has 1 aromatic rings. The standard InChI is InChI=1S/C12H16BrN3O/c13-9-4-1-5-10(11(9)12(14)17)16-8-3-2-6-15-7-8/h1,4-5,8,15-16H,2-3,6-7H2,(H2,14,17). The van der Waals surface area contributed by atoms with E-state index in [1.165, 1.54) is 0 Å². The van der Waals surface area contributed by atoms with Crippen LogP contribution in [0.25, 0.3) is 0 Å². The van der Waals surface area contributed by atoms with Gasteiger partial charge in [-0.25, -0.2) is 0 Å². The van der Waals surface area contributed by atoms with Crippen LogP contribution in [-0.4, -0.2) is 25.0 Å². The first-order valence-corrected chi connectivity index (χ1v) is 6.53. The van der Waals surface area contributed by atoms with Gasteiger partial charge in [-0.3, -0.25) is 4.79 Å². The van der Waals surface area contributed by atoms with Crippen LogP contribution in [0, 0.1) is 0 Å². The molecule has 1 atom stereocenters. The molecule has 2 rings (SSSR count). The van der Waals surface area contributed by atoms with Gasteiger partial charge in [0.15, 0.2) is 0 Å². The Morgan fingerprint density at radius 1 is 1.53 bits per heavy atom. The Balaban J connectivity index is 2.19.